The number of benzene rings is 1. The van der Waals surface area contributed by atoms with Crippen LogP contribution < -0.4 is 5.32 Å². The SMILES string of the molecule is Fc1ccc(CCC2CCNCC2)cc1C(F)(F)F. The van der Waals surface area contributed by atoms with Gasteiger partial charge in [-0.15, -0.1) is 0 Å². The van der Waals surface area contributed by atoms with Gasteiger partial charge in [-0.2, -0.15) is 13.2 Å². The summed E-state index contributed by atoms with van der Waals surface area (Å²) in [5, 5.41) is 3.25. The molecule has 5 heteroatoms. The summed E-state index contributed by atoms with van der Waals surface area (Å²) >= 11 is 0. The molecule has 0 spiro atoms. The lowest BCUT2D eigenvalue weighted by molar-refractivity contribution is -0.140. The Hall–Kier alpha value is -1.10. The molecule has 1 aromatic rings. The summed E-state index contributed by atoms with van der Waals surface area (Å²) < 4.78 is 50.9. The molecule has 0 saturated carbocycles. The van der Waals surface area contributed by atoms with E-state index in [2.05, 4.69) is 5.32 Å². The molecule has 0 atom stereocenters. The third kappa shape index (κ3) is 3.93. The van der Waals surface area contributed by atoms with Gasteiger partial charge in [0.05, 0.1) is 5.56 Å². The van der Waals surface area contributed by atoms with Crippen LogP contribution in [0.15, 0.2) is 18.2 Å². The van der Waals surface area contributed by atoms with Crippen LogP contribution in [0.2, 0.25) is 0 Å². The van der Waals surface area contributed by atoms with Gasteiger partial charge in [0.25, 0.3) is 0 Å². The van der Waals surface area contributed by atoms with Crippen LogP contribution in [0.4, 0.5) is 17.6 Å². The molecule has 0 aliphatic carbocycles. The zero-order valence-electron chi connectivity index (χ0n) is 10.6. The van der Waals surface area contributed by atoms with Gasteiger partial charge in [-0.05, 0) is 62.4 Å². The van der Waals surface area contributed by atoms with Gasteiger partial charge < -0.3 is 5.32 Å². The second-order valence-electron chi connectivity index (χ2n) is 5.04. The largest absolute Gasteiger partial charge is 0.419 e. The molecule has 0 unspecified atom stereocenters. The summed E-state index contributed by atoms with van der Waals surface area (Å²) in [6.07, 6.45) is -1.05. The van der Waals surface area contributed by atoms with Crippen molar-refractivity contribution >= 4 is 0 Å². The molecule has 106 valence electrons. The normalized spacial score (nSPS) is 17.7. The van der Waals surface area contributed by atoms with E-state index in [0.29, 0.717) is 17.9 Å². The number of nitrogens with one attached hydrogen (secondary N) is 1. The highest BCUT2D eigenvalue weighted by molar-refractivity contribution is 5.27. The van der Waals surface area contributed by atoms with Crippen molar-refractivity contribution in [1.82, 2.24) is 5.32 Å². The van der Waals surface area contributed by atoms with Crippen molar-refractivity contribution in [1.29, 1.82) is 0 Å². The van der Waals surface area contributed by atoms with Crippen molar-refractivity contribution < 1.29 is 17.6 Å². The standard InChI is InChI=1S/C14H17F4N/c15-13-4-3-11(9-12(13)14(16,17)18)2-1-10-5-7-19-8-6-10/h3-4,9-10,19H,1-2,5-8H2. The van der Waals surface area contributed by atoms with Gasteiger partial charge in [-0.25, -0.2) is 4.39 Å². The average molecular weight is 275 g/mol. The highest BCUT2D eigenvalue weighted by Gasteiger charge is 2.34. The molecule has 19 heavy (non-hydrogen) atoms. The number of aryl methyl sites for hydroxylation is 1. The van der Waals surface area contributed by atoms with E-state index in [0.717, 1.165) is 44.5 Å². The summed E-state index contributed by atoms with van der Waals surface area (Å²) in [7, 11) is 0. The van der Waals surface area contributed by atoms with Crippen LogP contribution in [0.5, 0.6) is 0 Å². The predicted octanol–water partition coefficient (Wildman–Crippen LogP) is 3.78. The Morgan fingerprint density at radius 2 is 1.84 bits per heavy atom. The first-order valence-corrected chi connectivity index (χ1v) is 6.53. The maximum absolute atomic E-state index is 13.1. The molecule has 0 radical (unpaired) electrons. The molecule has 0 amide bonds. The third-order valence-electron chi connectivity index (χ3n) is 3.64. The lowest BCUT2D eigenvalue weighted by atomic mass is 9.91. The highest BCUT2D eigenvalue weighted by Crippen LogP contribution is 2.32. The third-order valence-corrected chi connectivity index (χ3v) is 3.64. The first-order valence-electron chi connectivity index (χ1n) is 6.53. The minimum absolute atomic E-state index is 0.556. The van der Waals surface area contributed by atoms with Crippen molar-refractivity contribution in [3.05, 3.63) is 35.1 Å². The van der Waals surface area contributed by atoms with Gasteiger partial charge in [0, 0.05) is 0 Å². The number of piperidine rings is 1. The molecule has 1 aromatic carbocycles. The molecule has 1 N–H and O–H groups in total. The Bertz CT molecular complexity index is 422. The highest BCUT2D eigenvalue weighted by atomic mass is 19.4. The Labute approximate surface area is 110 Å². The predicted molar refractivity (Wildman–Crippen MR) is 65.3 cm³/mol. The second-order valence-corrected chi connectivity index (χ2v) is 5.04. The van der Waals surface area contributed by atoms with Crippen LogP contribution in [-0.4, -0.2) is 13.1 Å². The molecular weight excluding hydrogens is 258 g/mol. The minimum Gasteiger partial charge on any atom is -0.317 e. The van der Waals surface area contributed by atoms with Gasteiger partial charge in [-0.1, -0.05) is 6.07 Å². The van der Waals surface area contributed by atoms with Gasteiger partial charge >= 0.3 is 6.18 Å². The van der Waals surface area contributed by atoms with Gasteiger partial charge in [0.15, 0.2) is 0 Å². The fraction of sp³-hybridized carbons (Fsp3) is 0.571. The van der Waals surface area contributed by atoms with Gasteiger partial charge in [0.2, 0.25) is 0 Å². The molecule has 1 aliphatic rings. The number of rotatable bonds is 3. The van der Waals surface area contributed by atoms with Crippen molar-refractivity contribution in [3.8, 4) is 0 Å². The lowest BCUT2D eigenvalue weighted by Gasteiger charge is -2.22. The summed E-state index contributed by atoms with van der Waals surface area (Å²) in [5.41, 5.74) is -0.595. The van der Waals surface area contributed by atoms with Crippen LogP contribution in [0.25, 0.3) is 0 Å². The number of halogens is 4. The molecule has 1 aliphatic heterocycles. The van der Waals surface area contributed by atoms with Crippen molar-refractivity contribution in [3.63, 3.8) is 0 Å². The molecule has 0 aromatic heterocycles. The molecule has 1 nitrogen and oxygen atoms in total. The molecule has 1 fully saturated rings. The van der Waals surface area contributed by atoms with Crippen molar-refractivity contribution in [2.75, 3.05) is 13.1 Å². The van der Waals surface area contributed by atoms with Crippen molar-refractivity contribution in [2.45, 2.75) is 31.9 Å². The van der Waals surface area contributed by atoms with E-state index in [1.165, 1.54) is 6.07 Å². The van der Waals surface area contributed by atoms with E-state index >= 15 is 0 Å². The monoisotopic (exact) mass is 275 g/mol. The fourth-order valence-corrected chi connectivity index (χ4v) is 2.49. The van der Waals surface area contributed by atoms with Gasteiger partial charge in [-0.3, -0.25) is 0 Å². The molecule has 1 heterocycles. The summed E-state index contributed by atoms with van der Waals surface area (Å²) in [5.74, 6) is -0.640. The van der Waals surface area contributed by atoms with E-state index in [1.54, 1.807) is 0 Å². The van der Waals surface area contributed by atoms with E-state index in [4.69, 9.17) is 0 Å². The maximum atomic E-state index is 13.1. The fourth-order valence-electron chi connectivity index (χ4n) is 2.49. The lowest BCUT2D eigenvalue weighted by Crippen LogP contribution is -2.27. The van der Waals surface area contributed by atoms with E-state index in [-0.39, 0.29) is 0 Å². The van der Waals surface area contributed by atoms with Crippen LogP contribution in [0.1, 0.15) is 30.4 Å². The first-order chi connectivity index (χ1) is 8.97. The van der Waals surface area contributed by atoms with Crippen LogP contribution >= 0.6 is 0 Å². The Balaban J connectivity index is 2.00. The smallest absolute Gasteiger partial charge is 0.317 e. The van der Waals surface area contributed by atoms with E-state index in [1.807, 2.05) is 0 Å². The average Bonchev–Trinajstić information content (AvgIpc) is 2.37. The summed E-state index contributed by atoms with van der Waals surface area (Å²) in [4.78, 5) is 0. The number of hydrogen-bond acceptors (Lipinski definition) is 1. The topological polar surface area (TPSA) is 12.0 Å². The van der Waals surface area contributed by atoms with Crippen LogP contribution in [-0.2, 0) is 12.6 Å². The molecule has 1 saturated heterocycles. The zero-order valence-corrected chi connectivity index (χ0v) is 10.6. The Morgan fingerprint density at radius 1 is 1.16 bits per heavy atom. The number of hydrogen-bond donors (Lipinski definition) is 1. The van der Waals surface area contributed by atoms with Crippen LogP contribution in [0, 0.1) is 11.7 Å². The molecular formula is C14H17F4N. The van der Waals surface area contributed by atoms with E-state index in [9.17, 15) is 17.6 Å². The Kier molecular flexibility index (Phi) is 4.45. The number of alkyl halides is 3. The zero-order chi connectivity index (χ0) is 13.9. The second kappa shape index (κ2) is 5.90. The minimum atomic E-state index is -4.62. The van der Waals surface area contributed by atoms with Gasteiger partial charge in [0.1, 0.15) is 5.82 Å². The van der Waals surface area contributed by atoms with Crippen LogP contribution in [0.3, 0.4) is 0 Å². The Morgan fingerprint density at radius 3 is 2.47 bits per heavy atom. The maximum Gasteiger partial charge on any atom is 0.419 e. The molecule has 2 rings (SSSR count). The molecule has 0 bridgehead atoms. The quantitative estimate of drug-likeness (QED) is 0.828. The van der Waals surface area contributed by atoms with E-state index < -0.39 is 17.6 Å². The van der Waals surface area contributed by atoms with Crippen molar-refractivity contribution in [2.24, 2.45) is 5.92 Å². The summed E-state index contributed by atoms with van der Waals surface area (Å²) in [6.45, 7) is 1.95. The summed E-state index contributed by atoms with van der Waals surface area (Å²) in [6, 6.07) is 3.31. The first kappa shape index (κ1) is 14.3.